The number of rotatable bonds is 5. The standard InChI is InChI=1S/C14H18BrNO3/c15-13-7-6-12(8-14(13)16(17)18)10-19-9-11-4-2-1-3-5-11/h6-8,11H,1-5,9-10H2. The first-order valence-corrected chi connectivity index (χ1v) is 7.46. The average molecular weight is 328 g/mol. The van der Waals surface area contributed by atoms with Gasteiger partial charge in [-0.3, -0.25) is 10.1 Å². The van der Waals surface area contributed by atoms with Crippen LogP contribution in [0, 0.1) is 16.0 Å². The molecular formula is C14H18BrNO3. The zero-order chi connectivity index (χ0) is 13.7. The molecule has 0 aliphatic heterocycles. The van der Waals surface area contributed by atoms with Crippen molar-refractivity contribution in [3.05, 3.63) is 38.3 Å². The van der Waals surface area contributed by atoms with Gasteiger partial charge in [0, 0.05) is 12.7 Å². The molecule has 0 heterocycles. The quantitative estimate of drug-likeness (QED) is 0.592. The van der Waals surface area contributed by atoms with Crippen molar-refractivity contribution < 1.29 is 9.66 Å². The molecule has 0 unspecified atom stereocenters. The van der Waals surface area contributed by atoms with Crippen LogP contribution in [-0.4, -0.2) is 11.5 Å². The summed E-state index contributed by atoms with van der Waals surface area (Å²) in [5.74, 6) is 0.666. The van der Waals surface area contributed by atoms with Gasteiger partial charge in [-0.2, -0.15) is 0 Å². The van der Waals surface area contributed by atoms with E-state index in [4.69, 9.17) is 4.74 Å². The third kappa shape index (κ3) is 4.28. The molecule has 1 saturated carbocycles. The first-order chi connectivity index (χ1) is 9.16. The van der Waals surface area contributed by atoms with Gasteiger partial charge < -0.3 is 4.74 Å². The second-order valence-electron chi connectivity index (χ2n) is 5.06. The summed E-state index contributed by atoms with van der Waals surface area (Å²) >= 11 is 3.18. The minimum Gasteiger partial charge on any atom is -0.376 e. The lowest BCUT2D eigenvalue weighted by atomic mass is 9.90. The highest BCUT2D eigenvalue weighted by molar-refractivity contribution is 9.10. The molecule has 104 valence electrons. The van der Waals surface area contributed by atoms with Crippen molar-refractivity contribution in [3.8, 4) is 0 Å². The maximum atomic E-state index is 10.8. The number of nitrogens with zero attached hydrogens (tertiary/aromatic N) is 1. The Morgan fingerprint density at radius 1 is 1.32 bits per heavy atom. The van der Waals surface area contributed by atoms with Crippen LogP contribution < -0.4 is 0 Å². The third-order valence-electron chi connectivity index (χ3n) is 3.55. The van der Waals surface area contributed by atoms with Crippen LogP contribution in [-0.2, 0) is 11.3 Å². The van der Waals surface area contributed by atoms with Crippen molar-refractivity contribution in [1.29, 1.82) is 0 Å². The van der Waals surface area contributed by atoms with Gasteiger partial charge in [0.25, 0.3) is 5.69 Å². The van der Waals surface area contributed by atoms with Crippen molar-refractivity contribution in [1.82, 2.24) is 0 Å². The smallest absolute Gasteiger partial charge is 0.283 e. The van der Waals surface area contributed by atoms with Gasteiger partial charge in [-0.1, -0.05) is 25.3 Å². The molecule has 0 spiro atoms. The number of halogens is 1. The minimum absolute atomic E-state index is 0.0961. The molecule has 1 fully saturated rings. The third-order valence-corrected chi connectivity index (χ3v) is 4.22. The van der Waals surface area contributed by atoms with Crippen LogP contribution in [0.25, 0.3) is 0 Å². The summed E-state index contributed by atoms with van der Waals surface area (Å²) in [5, 5.41) is 10.8. The predicted octanol–water partition coefficient (Wildman–Crippen LogP) is 4.45. The van der Waals surface area contributed by atoms with Crippen molar-refractivity contribution in [2.75, 3.05) is 6.61 Å². The minimum atomic E-state index is -0.380. The lowest BCUT2D eigenvalue weighted by molar-refractivity contribution is -0.385. The summed E-state index contributed by atoms with van der Waals surface area (Å²) in [6, 6.07) is 5.14. The molecule has 1 aromatic rings. The number of nitro benzene ring substituents is 1. The Labute approximate surface area is 121 Å². The maximum absolute atomic E-state index is 10.8. The topological polar surface area (TPSA) is 52.4 Å². The number of benzene rings is 1. The Kier molecular flexibility index (Phi) is 5.34. The van der Waals surface area contributed by atoms with Crippen molar-refractivity contribution in [2.24, 2.45) is 5.92 Å². The van der Waals surface area contributed by atoms with Gasteiger partial charge in [-0.25, -0.2) is 0 Å². The van der Waals surface area contributed by atoms with Crippen LogP contribution in [0.1, 0.15) is 37.7 Å². The predicted molar refractivity (Wildman–Crippen MR) is 77.0 cm³/mol. The molecular weight excluding hydrogens is 310 g/mol. The van der Waals surface area contributed by atoms with E-state index in [0.29, 0.717) is 17.0 Å². The molecule has 1 aromatic carbocycles. The van der Waals surface area contributed by atoms with Crippen LogP contribution in [0.4, 0.5) is 5.69 Å². The SMILES string of the molecule is O=[N+]([O-])c1cc(COCC2CCCCC2)ccc1Br. The van der Waals surface area contributed by atoms with Gasteiger partial charge in [-0.05, 0) is 46.3 Å². The van der Waals surface area contributed by atoms with Crippen LogP contribution in [0.2, 0.25) is 0 Å². The summed E-state index contributed by atoms with van der Waals surface area (Å²) < 4.78 is 6.20. The fourth-order valence-electron chi connectivity index (χ4n) is 2.49. The van der Waals surface area contributed by atoms with E-state index in [1.807, 2.05) is 6.07 Å². The number of hydrogen-bond donors (Lipinski definition) is 0. The molecule has 5 heteroatoms. The zero-order valence-electron chi connectivity index (χ0n) is 10.8. The summed E-state index contributed by atoms with van der Waals surface area (Å²) in [7, 11) is 0. The normalized spacial score (nSPS) is 16.5. The zero-order valence-corrected chi connectivity index (χ0v) is 12.4. The van der Waals surface area contributed by atoms with E-state index in [9.17, 15) is 10.1 Å². The molecule has 0 bridgehead atoms. The Morgan fingerprint density at radius 3 is 2.74 bits per heavy atom. The largest absolute Gasteiger partial charge is 0.376 e. The Hall–Kier alpha value is -0.940. The van der Waals surface area contributed by atoms with E-state index in [0.717, 1.165) is 12.2 Å². The molecule has 0 saturated heterocycles. The molecule has 1 aliphatic carbocycles. The lowest BCUT2D eigenvalue weighted by Gasteiger charge is -2.21. The average Bonchev–Trinajstić information content (AvgIpc) is 2.41. The van der Waals surface area contributed by atoms with Crippen LogP contribution in [0.3, 0.4) is 0 Å². The Bertz CT molecular complexity index is 444. The highest BCUT2D eigenvalue weighted by Gasteiger charge is 2.15. The molecule has 2 rings (SSSR count). The molecule has 0 N–H and O–H groups in total. The lowest BCUT2D eigenvalue weighted by Crippen LogP contribution is -2.13. The first-order valence-electron chi connectivity index (χ1n) is 6.67. The van der Waals surface area contributed by atoms with E-state index >= 15 is 0 Å². The second kappa shape index (κ2) is 7.01. The second-order valence-corrected chi connectivity index (χ2v) is 5.92. The summed E-state index contributed by atoms with van der Waals surface area (Å²) in [4.78, 5) is 10.4. The molecule has 0 aromatic heterocycles. The van der Waals surface area contributed by atoms with Gasteiger partial charge >= 0.3 is 0 Å². The molecule has 4 nitrogen and oxygen atoms in total. The molecule has 0 atom stereocenters. The summed E-state index contributed by atoms with van der Waals surface area (Å²) in [5.41, 5.74) is 0.949. The highest BCUT2D eigenvalue weighted by Crippen LogP contribution is 2.27. The number of ether oxygens (including phenoxy) is 1. The number of nitro groups is 1. The molecule has 19 heavy (non-hydrogen) atoms. The van der Waals surface area contributed by atoms with E-state index in [1.54, 1.807) is 12.1 Å². The fourth-order valence-corrected chi connectivity index (χ4v) is 2.88. The maximum Gasteiger partial charge on any atom is 0.283 e. The van der Waals surface area contributed by atoms with E-state index < -0.39 is 0 Å². The monoisotopic (exact) mass is 327 g/mol. The van der Waals surface area contributed by atoms with Gasteiger partial charge in [-0.15, -0.1) is 0 Å². The number of hydrogen-bond acceptors (Lipinski definition) is 3. The van der Waals surface area contributed by atoms with E-state index in [1.165, 1.54) is 32.1 Å². The summed E-state index contributed by atoms with van der Waals surface area (Å²) in [6.45, 7) is 1.22. The van der Waals surface area contributed by atoms with E-state index in [2.05, 4.69) is 15.9 Å². The molecule has 1 aliphatic rings. The first kappa shape index (κ1) is 14.5. The van der Waals surface area contributed by atoms with Crippen molar-refractivity contribution in [2.45, 2.75) is 38.7 Å². The van der Waals surface area contributed by atoms with Crippen LogP contribution in [0.15, 0.2) is 22.7 Å². The van der Waals surface area contributed by atoms with Gasteiger partial charge in [0.2, 0.25) is 0 Å². The van der Waals surface area contributed by atoms with Gasteiger partial charge in [0.15, 0.2) is 0 Å². The highest BCUT2D eigenvalue weighted by atomic mass is 79.9. The fraction of sp³-hybridized carbons (Fsp3) is 0.571. The van der Waals surface area contributed by atoms with Gasteiger partial charge in [0.1, 0.15) is 0 Å². The van der Waals surface area contributed by atoms with Crippen molar-refractivity contribution in [3.63, 3.8) is 0 Å². The molecule has 0 amide bonds. The van der Waals surface area contributed by atoms with Crippen molar-refractivity contribution >= 4 is 21.6 Å². The Morgan fingerprint density at radius 2 is 2.05 bits per heavy atom. The van der Waals surface area contributed by atoms with Gasteiger partial charge in [0.05, 0.1) is 16.0 Å². The van der Waals surface area contributed by atoms with E-state index in [-0.39, 0.29) is 10.6 Å². The van der Waals surface area contributed by atoms with Crippen LogP contribution >= 0.6 is 15.9 Å². The summed E-state index contributed by atoms with van der Waals surface area (Å²) in [6.07, 6.45) is 6.45. The molecule has 0 radical (unpaired) electrons. The van der Waals surface area contributed by atoms with Crippen LogP contribution in [0.5, 0.6) is 0 Å². The Balaban J connectivity index is 1.85.